The fourth-order valence-electron chi connectivity index (χ4n) is 1.46. The van der Waals surface area contributed by atoms with Gasteiger partial charge in [-0.15, -0.1) is 0 Å². The Morgan fingerprint density at radius 1 is 1.42 bits per heavy atom. The maximum atomic E-state index is 5.90. The highest BCUT2D eigenvalue weighted by Crippen LogP contribution is 2.24. The van der Waals surface area contributed by atoms with Crippen molar-refractivity contribution in [1.29, 1.82) is 0 Å². The third-order valence-electron chi connectivity index (χ3n) is 2.47. The van der Waals surface area contributed by atoms with Crippen LogP contribution in [-0.2, 0) is 5.54 Å². The summed E-state index contributed by atoms with van der Waals surface area (Å²) in [7, 11) is 0. The summed E-state index contributed by atoms with van der Waals surface area (Å²) in [5, 5.41) is 4.46. The van der Waals surface area contributed by atoms with E-state index >= 15 is 0 Å². The molecule has 1 unspecified atom stereocenters. The van der Waals surface area contributed by atoms with Crippen LogP contribution in [-0.4, -0.2) is 10.1 Å². The molecule has 1 aromatic carbocycles. The van der Waals surface area contributed by atoms with Crippen LogP contribution < -0.4 is 10.5 Å². The van der Waals surface area contributed by atoms with Crippen LogP contribution >= 0.6 is 11.6 Å². The summed E-state index contributed by atoms with van der Waals surface area (Å²) >= 11 is 5.89. The maximum Gasteiger partial charge on any atom is 0.267 e. The highest BCUT2D eigenvalue weighted by Gasteiger charge is 2.24. The predicted molar refractivity (Wildman–Crippen MR) is 72.0 cm³/mol. The first kappa shape index (κ1) is 13.8. The molecule has 0 saturated carbocycles. The summed E-state index contributed by atoms with van der Waals surface area (Å²) in [6, 6.07) is 7.13. The zero-order valence-corrected chi connectivity index (χ0v) is 11.8. The number of benzene rings is 1. The van der Waals surface area contributed by atoms with Gasteiger partial charge >= 0.3 is 0 Å². The van der Waals surface area contributed by atoms with Gasteiger partial charge in [0, 0.05) is 5.02 Å². The molecule has 5 nitrogen and oxygen atoms in total. The van der Waals surface area contributed by atoms with E-state index < -0.39 is 5.54 Å². The normalized spacial score (nSPS) is 13.3. The lowest BCUT2D eigenvalue weighted by Gasteiger charge is -2.12. The van der Waals surface area contributed by atoms with Gasteiger partial charge in [-0.3, -0.25) is 0 Å². The van der Waals surface area contributed by atoms with E-state index in [9.17, 15) is 0 Å². The first-order valence-corrected chi connectivity index (χ1v) is 6.29. The van der Waals surface area contributed by atoms with Gasteiger partial charge in [-0.2, -0.15) is 4.98 Å². The summed E-state index contributed by atoms with van der Waals surface area (Å²) in [5.74, 6) is 1.48. The van der Waals surface area contributed by atoms with Crippen molar-refractivity contribution in [3.63, 3.8) is 0 Å². The van der Waals surface area contributed by atoms with E-state index in [0.717, 1.165) is 0 Å². The summed E-state index contributed by atoms with van der Waals surface area (Å²) < 4.78 is 10.8. The second-order valence-electron chi connectivity index (χ2n) is 4.90. The molecule has 2 N–H and O–H groups in total. The predicted octanol–water partition coefficient (Wildman–Crippen LogP) is 3.06. The van der Waals surface area contributed by atoms with Crippen molar-refractivity contribution < 1.29 is 9.26 Å². The van der Waals surface area contributed by atoms with Crippen LogP contribution in [0.15, 0.2) is 28.8 Å². The molecule has 0 radical (unpaired) electrons. The fraction of sp³-hybridized carbons (Fsp3) is 0.385. The maximum absolute atomic E-state index is 5.90. The molecule has 102 valence electrons. The number of aromatic nitrogens is 2. The van der Waals surface area contributed by atoms with Crippen molar-refractivity contribution in [2.45, 2.75) is 32.4 Å². The van der Waals surface area contributed by atoms with Crippen molar-refractivity contribution in [3.8, 4) is 5.75 Å². The molecule has 0 spiro atoms. The molecule has 0 aliphatic carbocycles. The van der Waals surface area contributed by atoms with Crippen LogP contribution in [0.25, 0.3) is 0 Å². The molecule has 0 aliphatic rings. The van der Waals surface area contributed by atoms with E-state index in [0.29, 0.717) is 22.5 Å². The van der Waals surface area contributed by atoms with Crippen LogP contribution in [0.4, 0.5) is 0 Å². The molecule has 0 amide bonds. The molecule has 6 heteroatoms. The third-order valence-corrected chi connectivity index (χ3v) is 2.71. The molecule has 1 heterocycles. The second kappa shape index (κ2) is 5.19. The quantitative estimate of drug-likeness (QED) is 0.932. The molecule has 0 saturated heterocycles. The van der Waals surface area contributed by atoms with Gasteiger partial charge in [-0.1, -0.05) is 22.8 Å². The van der Waals surface area contributed by atoms with E-state index in [2.05, 4.69) is 10.1 Å². The van der Waals surface area contributed by atoms with Crippen LogP contribution in [0.2, 0.25) is 5.02 Å². The second-order valence-corrected chi connectivity index (χ2v) is 5.33. The Labute approximate surface area is 116 Å². The molecule has 1 atom stereocenters. The SMILES string of the molecule is CC(Oc1cccc(Cl)c1)c1nc(C(C)(C)N)no1. The van der Waals surface area contributed by atoms with Crippen LogP contribution in [0, 0.1) is 0 Å². The Morgan fingerprint density at radius 2 is 2.16 bits per heavy atom. The average Bonchev–Trinajstić information content (AvgIpc) is 2.77. The fourth-order valence-corrected chi connectivity index (χ4v) is 1.64. The highest BCUT2D eigenvalue weighted by atomic mass is 35.5. The molecular formula is C13H16ClN3O2. The topological polar surface area (TPSA) is 74.2 Å². The number of hydrogen-bond donors (Lipinski definition) is 1. The number of nitrogens with zero attached hydrogens (tertiary/aromatic N) is 2. The highest BCUT2D eigenvalue weighted by molar-refractivity contribution is 6.30. The summed E-state index contributed by atoms with van der Waals surface area (Å²) in [6.07, 6.45) is -0.373. The minimum atomic E-state index is -0.641. The Morgan fingerprint density at radius 3 is 2.74 bits per heavy atom. The summed E-state index contributed by atoms with van der Waals surface area (Å²) in [6.45, 7) is 5.44. The molecular weight excluding hydrogens is 266 g/mol. The Balaban J connectivity index is 2.12. The molecule has 0 aliphatic heterocycles. The number of halogens is 1. The van der Waals surface area contributed by atoms with Gasteiger partial charge in [0.05, 0.1) is 5.54 Å². The van der Waals surface area contributed by atoms with Crippen molar-refractivity contribution in [3.05, 3.63) is 41.0 Å². The first-order valence-electron chi connectivity index (χ1n) is 5.91. The van der Waals surface area contributed by atoms with Crippen LogP contribution in [0.1, 0.15) is 38.6 Å². The van der Waals surface area contributed by atoms with E-state index in [-0.39, 0.29) is 6.10 Å². The standard InChI is InChI=1S/C13H16ClN3O2/c1-8(18-10-6-4-5-9(14)7-10)11-16-12(17-19-11)13(2,3)15/h4-8H,15H2,1-3H3. The number of nitrogens with two attached hydrogens (primary N) is 1. The first-order chi connectivity index (χ1) is 8.86. The Hall–Kier alpha value is -1.59. The zero-order chi connectivity index (χ0) is 14.0. The van der Waals surface area contributed by atoms with Crippen molar-refractivity contribution in [2.24, 2.45) is 5.73 Å². The minimum Gasteiger partial charge on any atom is -0.481 e. The smallest absolute Gasteiger partial charge is 0.267 e. The van der Waals surface area contributed by atoms with Gasteiger partial charge in [-0.25, -0.2) is 0 Å². The van der Waals surface area contributed by atoms with Crippen LogP contribution in [0.3, 0.4) is 0 Å². The lowest BCUT2D eigenvalue weighted by molar-refractivity contribution is 0.175. The Bertz CT molecular complexity index is 563. The van der Waals surface area contributed by atoms with Crippen molar-refractivity contribution in [1.82, 2.24) is 10.1 Å². The van der Waals surface area contributed by atoms with Crippen molar-refractivity contribution >= 4 is 11.6 Å². The van der Waals surface area contributed by atoms with E-state index in [1.165, 1.54) is 0 Å². The summed E-state index contributed by atoms with van der Waals surface area (Å²) in [4.78, 5) is 4.24. The number of ether oxygens (including phenoxy) is 1. The molecule has 0 fully saturated rings. The van der Waals surface area contributed by atoms with Gasteiger partial charge < -0.3 is 15.0 Å². The van der Waals surface area contributed by atoms with Gasteiger partial charge in [0.2, 0.25) is 0 Å². The van der Waals surface area contributed by atoms with Crippen LogP contribution in [0.5, 0.6) is 5.75 Å². The average molecular weight is 282 g/mol. The van der Waals surface area contributed by atoms with Gasteiger partial charge in [0.1, 0.15) is 5.75 Å². The molecule has 1 aromatic heterocycles. The van der Waals surface area contributed by atoms with Crippen molar-refractivity contribution in [2.75, 3.05) is 0 Å². The van der Waals surface area contributed by atoms with E-state index in [4.69, 9.17) is 26.6 Å². The molecule has 19 heavy (non-hydrogen) atoms. The van der Waals surface area contributed by atoms with E-state index in [1.807, 2.05) is 32.9 Å². The number of rotatable bonds is 4. The molecule has 2 rings (SSSR count). The van der Waals surface area contributed by atoms with Gasteiger partial charge in [0.15, 0.2) is 11.9 Å². The zero-order valence-electron chi connectivity index (χ0n) is 11.1. The monoisotopic (exact) mass is 281 g/mol. The molecule has 0 bridgehead atoms. The summed E-state index contributed by atoms with van der Waals surface area (Å²) in [5.41, 5.74) is 5.26. The third kappa shape index (κ3) is 3.45. The Kier molecular flexibility index (Phi) is 3.78. The molecule has 2 aromatic rings. The lowest BCUT2D eigenvalue weighted by Crippen LogP contribution is -2.30. The largest absolute Gasteiger partial charge is 0.481 e. The van der Waals surface area contributed by atoms with Gasteiger partial charge in [0.25, 0.3) is 5.89 Å². The lowest BCUT2D eigenvalue weighted by atomic mass is 10.1. The number of hydrogen-bond acceptors (Lipinski definition) is 5. The van der Waals surface area contributed by atoms with Gasteiger partial charge in [-0.05, 0) is 39.0 Å². The minimum absolute atomic E-state index is 0.373. The van der Waals surface area contributed by atoms with E-state index in [1.54, 1.807) is 12.1 Å².